The molecule has 1 N–H and O–H groups in total. The fraction of sp³-hybridized carbons (Fsp3) is 0.632. The molecule has 0 radical (unpaired) electrons. The molecule has 0 bridgehead atoms. The highest BCUT2D eigenvalue weighted by molar-refractivity contribution is 6.30. The molecule has 1 atom stereocenters. The highest BCUT2D eigenvalue weighted by atomic mass is 35.5. The third-order valence-corrected chi connectivity index (χ3v) is 4.74. The summed E-state index contributed by atoms with van der Waals surface area (Å²) < 4.78 is 11.3. The van der Waals surface area contributed by atoms with Gasteiger partial charge in [-0.1, -0.05) is 25.4 Å². The Morgan fingerprint density at radius 3 is 2.44 bits per heavy atom. The zero-order chi connectivity index (χ0) is 18.4. The minimum Gasteiger partial charge on any atom is -0.478 e. The standard InChI is InChI=1S/C19H29ClN2O3/c1-14(2)17(22-9-11-24-12-10-22)13-21-18(23)19(3,4)25-16-7-5-15(20)6-8-16/h5-8,14,17H,9-13H2,1-4H3,(H,21,23). The Labute approximate surface area is 155 Å². The molecule has 1 aliphatic heterocycles. The van der Waals surface area contributed by atoms with E-state index in [4.69, 9.17) is 21.1 Å². The molecule has 5 nitrogen and oxygen atoms in total. The van der Waals surface area contributed by atoms with Crippen LogP contribution in [0.15, 0.2) is 24.3 Å². The fourth-order valence-electron chi connectivity index (χ4n) is 2.95. The number of amides is 1. The Kier molecular flexibility index (Phi) is 7.11. The first kappa shape index (κ1) is 20.0. The summed E-state index contributed by atoms with van der Waals surface area (Å²) in [5.74, 6) is 0.943. The molecule has 1 unspecified atom stereocenters. The first-order valence-electron chi connectivity index (χ1n) is 8.84. The minimum atomic E-state index is -0.958. The number of hydrogen-bond donors (Lipinski definition) is 1. The van der Waals surface area contributed by atoms with E-state index in [1.807, 2.05) is 0 Å². The molecule has 1 aromatic rings. The molecule has 25 heavy (non-hydrogen) atoms. The SMILES string of the molecule is CC(C)C(CNC(=O)C(C)(C)Oc1ccc(Cl)cc1)N1CCOCC1. The molecule has 0 aromatic heterocycles. The Balaban J connectivity index is 1.92. The van der Waals surface area contributed by atoms with Crippen LogP contribution < -0.4 is 10.1 Å². The van der Waals surface area contributed by atoms with Gasteiger partial charge in [-0.15, -0.1) is 0 Å². The van der Waals surface area contributed by atoms with E-state index in [9.17, 15) is 4.79 Å². The van der Waals surface area contributed by atoms with Crippen LogP contribution in [0.5, 0.6) is 5.75 Å². The van der Waals surface area contributed by atoms with E-state index in [0.717, 1.165) is 26.3 Å². The lowest BCUT2D eigenvalue weighted by Crippen LogP contribution is -2.54. The van der Waals surface area contributed by atoms with Gasteiger partial charge in [-0.25, -0.2) is 0 Å². The zero-order valence-electron chi connectivity index (χ0n) is 15.5. The summed E-state index contributed by atoms with van der Waals surface area (Å²) in [4.78, 5) is 15.0. The predicted molar refractivity (Wildman–Crippen MR) is 100 cm³/mol. The molecule has 0 spiro atoms. The van der Waals surface area contributed by atoms with Crippen molar-refractivity contribution in [2.75, 3.05) is 32.8 Å². The van der Waals surface area contributed by atoms with Crippen molar-refractivity contribution in [2.24, 2.45) is 5.92 Å². The number of halogens is 1. The quantitative estimate of drug-likeness (QED) is 0.803. The molecule has 0 aliphatic carbocycles. The first-order valence-corrected chi connectivity index (χ1v) is 9.22. The normalized spacial score (nSPS) is 17.4. The maximum absolute atomic E-state index is 12.6. The molecular weight excluding hydrogens is 340 g/mol. The summed E-state index contributed by atoms with van der Waals surface area (Å²) in [5, 5.41) is 3.70. The number of ether oxygens (including phenoxy) is 2. The van der Waals surface area contributed by atoms with Crippen molar-refractivity contribution in [3.05, 3.63) is 29.3 Å². The van der Waals surface area contributed by atoms with Crippen molar-refractivity contribution in [3.63, 3.8) is 0 Å². The molecule has 1 amide bonds. The van der Waals surface area contributed by atoms with Crippen LogP contribution in [0.2, 0.25) is 5.02 Å². The Morgan fingerprint density at radius 1 is 1.28 bits per heavy atom. The van der Waals surface area contributed by atoms with E-state index in [-0.39, 0.29) is 5.91 Å². The van der Waals surface area contributed by atoms with Crippen LogP contribution in [0.25, 0.3) is 0 Å². The molecule has 1 fully saturated rings. The lowest BCUT2D eigenvalue weighted by molar-refractivity contribution is -0.134. The third-order valence-electron chi connectivity index (χ3n) is 4.49. The Morgan fingerprint density at radius 2 is 1.88 bits per heavy atom. The van der Waals surface area contributed by atoms with Gasteiger partial charge < -0.3 is 14.8 Å². The van der Waals surface area contributed by atoms with E-state index in [1.165, 1.54) is 0 Å². The van der Waals surface area contributed by atoms with Gasteiger partial charge in [0.15, 0.2) is 5.60 Å². The lowest BCUT2D eigenvalue weighted by atomic mass is 10.0. The van der Waals surface area contributed by atoms with Crippen molar-refractivity contribution in [2.45, 2.75) is 39.3 Å². The molecule has 140 valence electrons. The monoisotopic (exact) mass is 368 g/mol. The average Bonchev–Trinajstić information content (AvgIpc) is 2.57. The summed E-state index contributed by atoms with van der Waals surface area (Å²) in [6.07, 6.45) is 0. The number of nitrogens with one attached hydrogen (secondary N) is 1. The molecule has 0 saturated carbocycles. The number of nitrogens with zero attached hydrogens (tertiary/aromatic N) is 1. The summed E-state index contributed by atoms with van der Waals surface area (Å²) in [7, 11) is 0. The molecule has 1 heterocycles. The van der Waals surface area contributed by atoms with E-state index < -0.39 is 5.60 Å². The molecule has 1 aliphatic rings. The van der Waals surface area contributed by atoms with E-state index in [0.29, 0.717) is 29.3 Å². The summed E-state index contributed by atoms with van der Waals surface area (Å²) >= 11 is 5.89. The second-order valence-corrected chi connectivity index (χ2v) is 7.67. The maximum atomic E-state index is 12.6. The van der Waals surface area contributed by atoms with Crippen LogP contribution in [0.4, 0.5) is 0 Å². The molecule has 1 saturated heterocycles. The number of carbonyl (C=O) groups excluding carboxylic acids is 1. The van der Waals surface area contributed by atoms with Gasteiger partial charge in [0.05, 0.1) is 13.2 Å². The lowest BCUT2D eigenvalue weighted by Gasteiger charge is -2.37. The van der Waals surface area contributed by atoms with E-state index >= 15 is 0 Å². The van der Waals surface area contributed by atoms with Crippen molar-refractivity contribution in [1.29, 1.82) is 0 Å². The molecule has 2 rings (SSSR count). The van der Waals surface area contributed by atoms with E-state index in [2.05, 4.69) is 24.1 Å². The molecule has 1 aromatic carbocycles. The van der Waals surface area contributed by atoms with Crippen molar-refractivity contribution >= 4 is 17.5 Å². The van der Waals surface area contributed by atoms with Gasteiger partial charge in [0.1, 0.15) is 5.75 Å². The number of hydrogen-bond acceptors (Lipinski definition) is 4. The largest absolute Gasteiger partial charge is 0.478 e. The number of morpholine rings is 1. The van der Waals surface area contributed by atoms with Gasteiger partial charge in [0, 0.05) is 30.7 Å². The number of benzene rings is 1. The first-order chi connectivity index (χ1) is 11.8. The third kappa shape index (κ3) is 5.87. The summed E-state index contributed by atoms with van der Waals surface area (Å²) in [5.41, 5.74) is -0.958. The molecule has 6 heteroatoms. The fourth-order valence-corrected chi connectivity index (χ4v) is 3.08. The number of rotatable bonds is 7. The van der Waals surface area contributed by atoms with Crippen molar-refractivity contribution in [1.82, 2.24) is 10.2 Å². The minimum absolute atomic E-state index is 0.124. The van der Waals surface area contributed by atoms with Crippen molar-refractivity contribution in [3.8, 4) is 5.75 Å². The predicted octanol–water partition coefficient (Wildman–Crippen LogP) is 2.97. The average molecular weight is 369 g/mol. The van der Waals surface area contributed by atoms with Crippen LogP contribution in [0.3, 0.4) is 0 Å². The van der Waals surface area contributed by atoms with Gasteiger partial charge in [-0.2, -0.15) is 0 Å². The second kappa shape index (κ2) is 8.88. The van der Waals surface area contributed by atoms with Gasteiger partial charge in [-0.05, 0) is 44.0 Å². The van der Waals surface area contributed by atoms with Gasteiger partial charge in [-0.3, -0.25) is 9.69 Å². The maximum Gasteiger partial charge on any atom is 0.263 e. The van der Waals surface area contributed by atoms with Gasteiger partial charge in [0.25, 0.3) is 5.91 Å². The topological polar surface area (TPSA) is 50.8 Å². The Hall–Kier alpha value is -1.30. The van der Waals surface area contributed by atoms with Gasteiger partial charge in [0.2, 0.25) is 0 Å². The van der Waals surface area contributed by atoms with E-state index in [1.54, 1.807) is 38.1 Å². The molecular formula is C19H29ClN2O3. The van der Waals surface area contributed by atoms with Crippen molar-refractivity contribution < 1.29 is 14.3 Å². The summed E-state index contributed by atoms with van der Waals surface area (Å²) in [6, 6.07) is 7.32. The van der Waals surface area contributed by atoms with Crippen LogP contribution in [-0.4, -0.2) is 55.3 Å². The van der Waals surface area contributed by atoms with Crippen LogP contribution in [0.1, 0.15) is 27.7 Å². The second-order valence-electron chi connectivity index (χ2n) is 7.24. The van der Waals surface area contributed by atoms with Gasteiger partial charge >= 0.3 is 0 Å². The van der Waals surface area contributed by atoms with Crippen LogP contribution in [0, 0.1) is 5.92 Å². The van der Waals surface area contributed by atoms with Crippen LogP contribution >= 0.6 is 11.6 Å². The highest BCUT2D eigenvalue weighted by Gasteiger charge is 2.32. The zero-order valence-corrected chi connectivity index (χ0v) is 16.3. The smallest absolute Gasteiger partial charge is 0.263 e. The number of carbonyl (C=O) groups is 1. The van der Waals surface area contributed by atoms with Crippen LogP contribution in [-0.2, 0) is 9.53 Å². The highest BCUT2D eigenvalue weighted by Crippen LogP contribution is 2.21. The summed E-state index contributed by atoms with van der Waals surface area (Å²) in [6.45, 7) is 11.8. The Bertz CT molecular complexity index is 554.